The molecular formula is C17H23FN2O. The van der Waals surface area contributed by atoms with Crippen LogP contribution in [-0.4, -0.2) is 11.9 Å². The smallest absolute Gasteiger partial charge is 0.223 e. The van der Waals surface area contributed by atoms with Crippen LogP contribution < -0.4 is 11.1 Å². The summed E-state index contributed by atoms with van der Waals surface area (Å²) in [5, 5.41) is 2.99. The summed E-state index contributed by atoms with van der Waals surface area (Å²) in [6, 6.07) is 6.55. The number of nitrogens with one attached hydrogen (secondary N) is 1. The number of halogens is 1. The highest BCUT2D eigenvalue weighted by Crippen LogP contribution is 2.41. The normalized spacial score (nSPS) is 31.7. The largest absolute Gasteiger partial charge is 0.352 e. The van der Waals surface area contributed by atoms with E-state index in [1.54, 1.807) is 12.1 Å². The topological polar surface area (TPSA) is 55.1 Å². The van der Waals surface area contributed by atoms with Crippen LogP contribution >= 0.6 is 0 Å². The molecule has 0 aromatic heterocycles. The molecule has 2 unspecified atom stereocenters. The second-order valence-corrected chi connectivity index (χ2v) is 6.54. The van der Waals surface area contributed by atoms with Gasteiger partial charge in [0.2, 0.25) is 5.91 Å². The van der Waals surface area contributed by atoms with Crippen LogP contribution in [0.25, 0.3) is 0 Å². The number of amides is 1. The van der Waals surface area contributed by atoms with E-state index in [0.29, 0.717) is 24.4 Å². The second-order valence-electron chi connectivity index (χ2n) is 6.54. The molecule has 21 heavy (non-hydrogen) atoms. The van der Waals surface area contributed by atoms with Crippen LogP contribution in [0.2, 0.25) is 0 Å². The van der Waals surface area contributed by atoms with E-state index in [9.17, 15) is 9.18 Å². The monoisotopic (exact) mass is 290 g/mol. The molecule has 3 nitrogen and oxygen atoms in total. The van der Waals surface area contributed by atoms with Gasteiger partial charge in [-0.3, -0.25) is 4.79 Å². The fourth-order valence-corrected chi connectivity index (χ4v) is 3.94. The van der Waals surface area contributed by atoms with Crippen molar-refractivity contribution in [2.45, 2.75) is 44.7 Å². The molecule has 1 aromatic rings. The van der Waals surface area contributed by atoms with E-state index < -0.39 is 0 Å². The van der Waals surface area contributed by atoms with Gasteiger partial charge in [-0.2, -0.15) is 0 Å². The number of rotatable bonds is 3. The summed E-state index contributed by atoms with van der Waals surface area (Å²) in [6.45, 7) is 0.469. The first-order valence-corrected chi connectivity index (χ1v) is 7.91. The summed E-state index contributed by atoms with van der Waals surface area (Å²) in [4.78, 5) is 12.4. The molecule has 1 aromatic carbocycles. The van der Waals surface area contributed by atoms with Crippen molar-refractivity contribution < 1.29 is 9.18 Å². The minimum Gasteiger partial charge on any atom is -0.352 e. The van der Waals surface area contributed by atoms with Crippen molar-refractivity contribution in [2.24, 2.45) is 23.5 Å². The summed E-state index contributed by atoms with van der Waals surface area (Å²) in [5.41, 5.74) is 7.19. The van der Waals surface area contributed by atoms with Crippen LogP contribution in [0.4, 0.5) is 4.39 Å². The standard InChI is InChI=1S/C17H23FN2O/c18-15-6-4-11(5-7-15)10-20-17(21)14-8-12-2-1-3-13(9-14)16(12)19/h4-7,12-14,16H,1-3,8-10,19H2,(H,20,21). The molecule has 0 spiro atoms. The van der Waals surface area contributed by atoms with Crippen molar-refractivity contribution in [3.05, 3.63) is 35.6 Å². The molecule has 2 fully saturated rings. The average Bonchev–Trinajstić information content (AvgIpc) is 2.46. The molecule has 4 heteroatoms. The molecule has 0 heterocycles. The van der Waals surface area contributed by atoms with E-state index in [0.717, 1.165) is 18.4 Å². The molecule has 2 atom stereocenters. The number of hydrogen-bond donors (Lipinski definition) is 2. The number of hydrogen-bond acceptors (Lipinski definition) is 2. The highest BCUT2D eigenvalue weighted by atomic mass is 19.1. The van der Waals surface area contributed by atoms with Crippen molar-refractivity contribution in [1.82, 2.24) is 5.32 Å². The Morgan fingerprint density at radius 1 is 1.19 bits per heavy atom. The van der Waals surface area contributed by atoms with Gasteiger partial charge in [0.05, 0.1) is 0 Å². The number of carbonyl (C=O) groups excluding carboxylic acids is 1. The zero-order chi connectivity index (χ0) is 14.8. The Hall–Kier alpha value is -1.42. The Kier molecular flexibility index (Phi) is 4.24. The lowest BCUT2D eigenvalue weighted by Crippen LogP contribution is -2.49. The maximum absolute atomic E-state index is 12.8. The van der Waals surface area contributed by atoms with Gasteiger partial charge in [-0.15, -0.1) is 0 Å². The lowest BCUT2D eigenvalue weighted by molar-refractivity contribution is -0.128. The Balaban J connectivity index is 1.55. The van der Waals surface area contributed by atoms with E-state index in [2.05, 4.69) is 5.32 Å². The van der Waals surface area contributed by atoms with E-state index >= 15 is 0 Å². The lowest BCUT2D eigenvalue weighted by Gasteiger charge is -2.43. The first-order chi connectivity index (χ1) is 10.1. The zero-order valence-corrected chi connectivity index (χ0v) is 12.2. The predicted octanol–water partition coefficient (Wildman–Crippen LogP) is 2.60. The Labute approximate surface area is 125 Å². The predicted molar refractivity (Wildman–Crippen MR) is 79.8 cm³/mol. The van der Waals surface area contributed by atoms with Gasteiger partial charge in [0.15, 0.2) is 0 Å². The van der Waals surface area contributed by atoms with Gasteiger partial charge in [-0.05, 0) is 55.2 Å². The molecular weight excluding hydrogens is 267 g/mol. The molecule has 2 aliphatic rings. The molecule has 0 saturated heterocycles. The van der Waals surface area contributed by atoms with Crippen LogP contribution in [0.1, 0.15) is 37.7 Å². The third-order valence-electron chi connectivity index (χ3n) is 5.16. The fourth-order valence-electron chi connectivity index (χ4n) is 3.94. The van der Waals surface area contributed by atoms with E-state index in [1.807, 2.05) is 0 Å². The second kappa shape index (κ2) is 6.14. The van der Waals surface area contributed by atoms with Crippen LogP contribution in [0.3, 0.4) is 0 Å². The molecule has 2 saturated carbocycles. The Morgan fingerprint density at radius 2 is 1.81 bits per heavy atom. The third kappa shape index (κ3) is 3.26. The van der Waals surface area contributed by atoms with Crippen LogP contribution in [0.5, 0.6) is 0 Å². The first-order valence-electron chi connectivity index (χ1n) is 7.91. The van der Waals surface area contributed by atoms with Crippen molar-refractivity contribution in [3.63, 3.8) is 0 Å². The molecule has 114 valence electrons. The average molecular weight is 290 g/mol. The summed E-state index contributed by atoms with van der Waals surface area (Å²) in [7, 11) is 0. The number of nitrogens with two attached hydrogens (primary N) is 1. The summed E-state index contributed by atoms with van der Waals surface area (Å²) in [6.07, 6.45) is 5.44. The lowest BCUT2D eigenvalue weighted by atomic mass is 9.65. The maximum Gasteiger partial charge on any atom is 0.223 e. The van der Waals surface area contributed by atoms with Crippen molar-refractivity contribution >= 4 is 5.91 Å². The van der Waals surface area contributed by atoms with E-state index in [-0.39, 0.29) is 17.6 Å². The minimum absolute atomic E-state index is 0.0977. The molecule has 2 bridgehead atoms. The fraction of sp³-hybridized carbons (Fsp3) is 0.588. The number of fused-ring (bicyclic) bond motifs is 2. The molecule has 0 radical (unpaired) electrons. The van der Waals surface area contributed by atoms with Gasteiger partial charge < -0.3 is 11.1 Å². The van der Waals surface area contributed by atoms with Gasteiger partial charge in [0.25, 0.3) is 0 Å². The zero-order valence-electron chi connectivity index (χ0n) is 12.2. The Bertz CT molecular complexity index is 488. The SMILES string of the molecule is NC1C2CCCC1CC(C(=O)NCc1ccc(F)cc1)C2. The van der Waals surface area contributed by atoms with Gasteiger partial charge in [0.1, 0.15) is 5.82 Å². The summed E-state index contributed by atoms with van der Waals surface area (Å²) >= 11 is 0. The maximum atomic E-state index is 12.8. The van der Waals surface area contributed by atoms with E-state index in [4.69, 9.17) is 5.73 Å². The number of benzene rings is 1. The molecule has 3 N–H and O–H groups in total. The summed E-state index contributed by atoms with van der Waals surface area (Å²) in [5.74, 6) is 1.00. The minimum atomic E-state index is -0.251. The van der Waals surface area contributed by atoms with E-state index in [1.165, 1.54) is 31.4 Å². The van der Waals surface area contributed by atoms with Gasteiger partial charge >= 0.3 is 0 Å². The summed E-state index contributed by atoms with van der Waals surface area (Å²) < 4.78 is 12.8. The van der Waals surface area contributed by atoms with Crippen molar-refractivity contribution in [2.75, 3.05) is 0 Å². The number of carbonyl (C=O) groups is 1. The van der Waals surface area contributed by atoms with Gasteiger partial charge in [0, 0.05) is 18.5 Å². The first kappa shape index (κ1) is 14.5. The highest BCUT2D eigenvalue weighted by molar-refractivity contribution is 5.78. The molecule has 3 rings (SSSR count). The van der Waals surface area contributed by atoms with Crippen molar-refractivity contribution in [1.29, 1.82) is 0 Å². The van der Waals surface area contributed by atoms with Crippen LogP contribution in [0.15, 0.2) is 24.3 Å². The van der Waals surface area contributed by atoms with Gasteiger partial charge in [-0.1, -0.05) is 18.6 Å². The third-order valence-corrected chi connectivity index (χ3v) is 5.16. The van der Waals surface area contributed by atoms with Crippen molar-refractivity contribution in [3.8, 4) is 0 Å². The van der Waals surface area contributed by atoms with Crippen LogP contribution in [0, 0.1) is 23.6 Å². The molecule has 1 amide bonds. The highest BCUT2D eigenvalue weighted by Gasteiger charge is 2.40. The molecule has 2 aliphatic carbocycles. The Morgan fingerprint density at radius 3 is 2.43 bits per heavy atom. The molecule has 0 aliphatic heterocycles. The van der Waals surface area contributed by atoms with Crippen LogP contribution in [-0.2, 0) is 11.3 Å². The van der Waals surface area contributed by atoms with Gasteiger partial charge in [-0.25, -0.2) is 4.39 Å². The quantitative estimate of drug-likeness (QED) is 0.899.